The maximum absolute atomic E-state index is 12.1. The molecular formula is C14H17ClN4O2. The van der Waals surface area contributed by atoms with Crippen molar-refractivity contribution in [1.29, 1.82) is 0 Å². The molecule has 7 heteroatoms. The molecule has 1 aliphatic heterocycles. The molecule has 0 fully saturated rings. The first-order chi connectivity index (χ1) is 10.1. The van der Waals surface area contributed by atoms with E-state index in [1.54, 1.807) is 12.1 Å². The third kappa shape index (κ3) is 2.95. The maximum atomic E-state index is 12.1. The number of amides is 1. The third-order valence-electron chi connectivity index (χ3n) is 3.67. The molecule has 1 atom stereocenters. The topological polar surface area (TPSA) is 73.0 Å². The predicted molar refractivity (Wildman–Crippen MR) is 77.2 cm³/mol. The van der Waals surface area contributed by atoms with Crippen molar-refractivity contribution >= 4 is 17.5 Å². The molecule has 0 aromatic carbocycles. The summed E-state index contributed by atoms with van der Waals surface area (Å²) in [6, 6.07) is 2.86. The van der Waals surface area contributed by atoms with E-state index >= 15 is 0 Å². The standard InChI is InChI=1S/C14H17ClN4O2/c1-9(16-14(20)10-6-7-11(15)21-10)13-18-17-12-5-3-2-4-8-19(12)13/h6-7,9H,2-5,8H2,1H3,(H,16,20)/t9-/m1/s1. The normalized spacial score (nSPS) is 16.1. The molecule has 2 aromatic rings. The van der Waals surface area contributed by atoms with Gasteiger partial charge in [-0.2, -0.15) is 0 Å². The summed E-state index contributed by atoms with van der Waals surface area (Å²) in [5.41, 5.74) is 0. The first kappa shape index (κ1) is 14.1. The number of aryl methyl sites for hydroxylation is 1. The van der Waals surface area contributed by atoms with Gasteiger partial charge in [0.25, 0.3) is 5.91 Å². The Bertz CT molecular complexity index is 649. The van der Waals surface area contributed by atoms with Crippen LogP contribution in [0.15, 0.2) is 16.5 Å². The van der Waals surface area contributed by atoms with E-state index in [-0.39, 0.29) is 22.9 Å². The number of hydrogen-bond acceptors (Lipinski definition) is 4. The molecule has 0 unspecified atom stereocenters. The number of hydrogen-bond donors (Lipinski definition) is 1. The molecule has 0 saturated carbocycles. The summed E-state index contributed by atoms with van der Waals surface area (Å²) >= 11 is 5.68. The highest BCUT2D eigenvalue weighted by Gasteiger charge is 2.22. The molecule has 0 aliphatic carbocycles. The molecule has 21 heavy (non-hydrogen) atoms. The zero-order chi connectivity index (χ0) is 14.8. The summed E-state index contributed by atoms with van der Waals surface area (Å²) in [6.07, 6.45) is 4.41. The van der Waals surface area contributed by atoms with Crippen LogP contribution in [0.3, 0.4) is 0 Å². The van der Waals surface area contributed by atoms with Gasteiger partial charge in [0.1, 0.15) is 5.82 Å². The molecular weight excluding hydrogens is 292 g/mol. The molecule has 0 spiro atoms. The number of carbonyl (C=O) groups is 1. The van der Waals surface area contributed by atoms with Crippen molar-refractivity contribution in [2.24, 2.45) is 0 Å². The smallest absolute Gasteiger partial charge is 0.287 e. The number of halogens is 1. The summed E-state index contributed by atoms with van der Waals surface area (Å²) < 4.78 is 7.22. The number of carbonyl (C=O) groups excluding carboxylic acids is 1. The van der Waals surface area contributed by atoms with E-state index in [0.717, 1.165) is 37.5 Å². The van der Waals surface area contributed by atoms with Gasteiger partial charge >= 0.3 is 0 Å². The third-order valence-corrected chi connectivity index (χ3v) is 3.87. The molecule has 112 valence electrons. The Balaban J connectivity index is 1.75. The van der Waals surface area contributed by atoms with Crippen LogP contribution in [-0.4, -0.2) is 20.7 Å². The zero-order valence-electron chi connectivity index (χ0n) is 11.8. The van der Waals surface area contributed by atoms with E-state index in [1.807, 2.05) is 6.92 Å². The van der Waals surface area contributed by atoms with E-state index in [9.17, 15) is 4.79 Å². The quantitative estimate of drug-likeness (QED) is 0.946. The van der Waals surface area contributed by atoms with Crippen molar-refractivity contribution < 1.29 is 9.21 Å². The second-order valence-corrected chi connectivity index (χ2v) is 5.61. The molecule has 1 aliphatic rings. The minimum Gasteiger partial charge on any atom is -0.440 e. The first-order valence-corrected chi connectivity index (χ1v) is 7.51. The van der Waals surface area contributed by atoms with Crippen LogP contribution in [0, 0.1) is 0 Å². The molecule has 3 heterocycles. The molecule has 3 rings (SSSR count). The van der Waals surface area contributed by atoms with Gasteiger partial charge in [0.05, 0.1) is 6.04 Å². The van der Waals surface area contributed by atoms with Crippen molar-refractivity contribution in [3.05, 3.63) is 34.8 Å². The summed E-state index contributed by atoms with van der Waals surface area (Å²) in [5, 5.41) is 11.5. The number of fused-ring (bicyclic) bond motifs is 1. The van der Waals surface area contributed by atoms with Crippen molar-refractivity contribution in [3.63, 3.8) is 0 Å². The number of nitrogens with zero attached hydrogens (tertiary/aromatic N) is 3. The summed E-state index contributed by atoms with van der Waals surface area (Å²) in [5.74, 6) is 1.69. The molecule has 1 N–H and O–H groups in total. The van der Waals surface area contributed by atoms with Gasteiger partial charge in [0, 0.05) is 13.0 Å². The summed E-state index contributed by atoms with van der Waals surface area (Å²) in [6.45, 7) is 2.80. The zero-order valence-corrected chi connectivity index (χ0v) is 12.6. The monoisotopic (exact) mass is 308 g/mol. The minimum absolute atomic E-state index is 0.197. The van der Waals surface area contributed by atoms with Crippen molar-refractivity contribution in [2.75, 3.05) is 0 Å². The fourth-order valence-electron chi connectivity index (χ4n) is 2.60. The average Bonchev–Trinajstić information content (AvgIpc) is 2.99. The number of aromatic nitrogens is 3. The minimum atomic E-state index is -0.305. The Morgan fingerprint density at radius 1 is 1.38 bits per heavy atom. The average molecular weight is 309 g/mol. The SMILES string of the molecule is C[C@@H](NC(=O)c1ccc(Cl)o1)c1nnc2n1CCCCC2. The van der Waals surface area contributed by atoms with Gasteiger partial charge in [-0.3, -0.25) is 4.79 Å². The molecule has 0 radical (unpaired) electrons. The van der Waals surface area contributed by atoms with Crippen LogP contribution in [0.4, 0.5) is 0 Å². The largest absolute Gasteiger partial charge is 0.440 e. The Labute approximate surface area is 127 Å². The van der Waals surface area contributed by atoms with E-state index in [4.69, 9.17) is 16.0 Å². The van der Waals surface area contributed by atoms with Crippen LogP contribution < -0.4 is 5.32 Å². The number of nitrogens with one attached hydrogen (secondary N) is 1. The van der Waals surface area contributed by atoms with Crippen LogP contribution in [-0.2, 0) is 13.0 Å². The summed E-state index contributed by atoms with van der Waals surface area (Å²) in [4.78, 5) is 12.1. The van der Waals surface area contributed by atoms with Crippen LogP contribution in [0.1, 0.15) is 54.4 Å². The van der Waals surface area contributed by atoms with Gasteiger partial charge in [-0.25, -0.2) is 0 Å². The lowest BCUT2D eigenvalue weighted by Crippen LogP contribution is -2.28. The Hall–Kier alpha value is -1.82. The van der Waals surface area contributed by atoms with Crippen LogP contribution in [0.25, 0.3) is 0 Å². The lowest BCUT2D eigenvalue weighted by atomic mass is 10.2. The lowest BCUT2D eigenvalue weighted by Gasteiger charge is -2.14. The number of furan rings is 1. The number of rotatable bonds is 3. The molecule has 1 amide bonds. The molecule has 2 aromatic heterocycles. The van der Waals surface area contributed by atoms with Gasteiger partial charge in [0.2, 0.25) is 0 Å². The van der Waals surface area contributed by atoms with Gasteiger partial charge in [-0.05, 0) is 43.5 Å². The molecule has 6 nitrogen and oxygen atoms in total. The van der Waals surface area contributed by atoms with Crippen LogP contribution in [0.2, 0.25) is 5.22 Å². The lowest BCUT2D eigenvalue weighted by molar-refractivity contribution is 0.0909. The van der Waals surface area contributed by atoms with E-state index in [0.29, 0.717) is 0 Å². The van der Waals surface area contributed by atoms with Crippen molar-refractivity contribution in [3.8, 4) is 0 Å². The summed E-state index contributed by atoms with van der Waals surface area (Å²) in [7, 11) is 0. The Kier molecular flexibility index (Phi) is 3.96. The van der Waals surface area contributed by atoms with Gasteiger partial charge in [0.15, 0.2) is 16.8 Å². The highest BCUT2D eigenvalue weighted by Crippen LogP contribution is 2.19. The second kappa shape index (κ2) is 5.89. The van der Waals surface area contributed by atoms with Crippen molar-refractivity contribution in [2.45, 2.75) is 45.2 Å². The van der Waals surface area contributed by atoms with Crippen LogP contribution in [0.5, 0.6) is 0 Å². The fourth-order valence-corrected chi connectivity index (χ4v) is 2.74. The van der Waals surface area contributed by atoms with Crippen molar-refractivity contribution in [1.82, 2.24) is 20.1 Å². The Morgan fingerprint density at radius 2 is 2.24 bits per heavy atom. The molecule has 0 saturated heterocycles. The molecule has 0 bridgehead atoms. The highest BCUT2D eigenvalue weighted by atomic mass is 35.5. The fraction of sp³-hybridized carbons (Fsp3) is 0.500. The van der Waals surface area contributed by atoms with E-state index < -0.39 is 0 Å². The van der Waals surface area contributed by atoms with E-state index in [2.05, 4.69) is 20.1 Å². The highest BCUT2D eigenvalue weighted by molar-refractivity contribution is 6.29. The Morgan fingerprint density at radius 3 is 3.00 bits per heavy atom. The van der Waals surface area contributed by atoms with Gasteiger partial charge < -0.3 is 14.3 Å². The predicted octanol–water partition coefficient (Wildman–Crippen LogP) is 2.74. The first-order valence-electron chi connectivity index (χ1n) is 7.13. The van der Waals surface area contributed by atoms with Crippen LogP contribution >= 0.6 is 11.6 Å². The van der Waals surface area contributed by atoms with E-state index in [1.165, 1.54) is 6.42 Å². The van der Waals surface area contributed by atoms with Gasteiger partial charge in [-0.1, -0.05) is 6.42 Å². The van der Waals surface area contributed by atoms with Gasteiger partial charge in [-0.15, -0.1) is 10.2 Å². The maximum Gasteiger partial charge on any atom is 0.287 e. The second-order valence-electron chi connectivity index (χ2n) is 5.24.